The van der Waals surface area contributed by atoms with Crippen LogP contribution in [-0.2, 0) is 4.74 Å². The van der Waals surface area contributed by atoms with E-state index >= 15 is 0 Å². The van der Waals surface area contributed by atoms with Gasteiger partial charge in [-0.15, -0.1) is 0 Å². The van der Waals surface area contributed by atoms with Crippen LogP contribution in [-0.4, -0.2) is 42.1 Å². The quantitative estimate of drug-likeness (QED) is 0.481. The van der Waals surface area contributed by atoms with Crippen molar-refractivity contribution < 1.29 is 14.9 Å². The fourth-order valence-electron chi connectivity index (χ4n) is 2.46. The zero-order valence-corrected chi connectivity index (χ0v) is 12.7. The van der Waals surface area contributed by atoms with Crippen LogP contribution in [0.4, 0.5) is 0 Å². The van der Waals surface area contributed by atoms with Crippen LogP contribution in [0, 0.1) is 0 Å². The molecule has 0 aliphatic carbocycles. The number of methoxy groups -OCH3 is 1. The fourth-order valence-corrected chi connectivity index (χ4v) is 2.46. The molecule has 4 atom stereocenters. The van der Waals surface area contributed by atoms with Crippen molar-refractivity contribution >= 4 is 0 Å². The number of aliphatic hydroxyl groups excluding tert-OH is 2. The van der Waals surface area contributed by atoms with Crippen LogP contribution in [0.15, 0.2) is 30.3 Å². The molecule has 0 saturated carbocycles. The van der Waals surface area contributed by atoms with E-state index < -0.39 is 24.4 Å². The first-order valence-corrected chi connectivity index (χ1v) is 7.51. The van der Waals surface area contributed by atoms with E-state index in [0.717, 1.165) is 24.8 Å². The Labute approximate surface area is 126 Å². The Hall–Kier alpha value is -0.980. The van der Waals surface area contributed by atoms with E-state index in [1.165, 1.54) is 7.11 Å². The lowest BCUT2D eigenvalue weighted by molar-refractivity contribution is -0.0558. The summed E-state index contributed by atoms with van der Waals surface area (Å²) in [6, 6.07) is 8.51. The second kappa shape index (κ2) is 9.87. The van der Waals surface area contributed by atoms with Crippen molar-refractivity contribution in [3.05, 3.63) is 35.9 Å². The van der Waals surface area contributed by atoms with Crippen molar-refractivity contribution in [3.63, 3.8) is 0 Å². The molecule has 5 heteroatoms. The third kappa shape index (κ3) is 5.73. The summed E-state index contributed by atoms with van der Waals surface area (Å²) in [4.78, 5) is 0. The van der Waals surface area contributed by atoms with Crippen molar-refractivity contribution in [1.29, 1.82) is 0 Å². The Balaban J connectivity index is 2.57. The molecule has 0 aliphatic heterocycles. The summed E-state index contributed by atoms with van der Waals surface area (Å²) in [5, 5.41) is 20.5. The summed E-state index contributed by atoms with van der Waals surface area (Å²) in [5.41, 5.74) is 12.2. The molecule has 0 heterocycles. The Morgan fingerprint density at radius 3 is 2.33 bits per heavy atom. The molecule has 1 aromatic carbocycles. The lowest BCUT2D eigenvalue weighted by Gasteiger charge is -2.30. The smallest absolute Gasteiger partial charge is 0.101 e. The molecule has 1 aromatic rings. The molecule has 0 spiro atoms. The summed E-state index contributed by atoms with van der Waals surface area (Å²) < 4.78 is 5.31. The molecular weight excluding hydrogens is 268 g/mol. The van der Waals surface area contributed by atoms with Gasteiger partial charge >= 0.3 is 0 Å². The second-order valence-electron chi connectivity index (χ2n) is 5.34. The minimum absolute atomic E-state index is 0.591. The van der Waals surface area contributed by atoms with Gasteiger partial charge in [-0.1, -0.05) is 43.2 Å². The Morgan fingerprint density at radius 2 is 1.76 bits per heavy atom. The van der Waals surface area contributed by atoms with Crippen LogP contribution < -0.4 is 11.5 Å². The van der Waals surface area contributed by atoms with E-state index in [-0.39, 0.29) is 0 Å². The van der Waals surface area contributed by atoms with E-state index in [4.69, 9.17) is 16.2 Å². The van der Waals surface area contributed by atoms with Gasteiger partial charge in [0.25, 0.3) is 0 Å². The van der Waals surface area contributed by atoms with Crippen molar-refractivity contribution in [2.45, 2.75) is 50.0 Å². The van der Waals surface area contributed by atoms with E-state index in [1.54, 1.807) is 0 Å². The van der Waals surface area contributed by atoms with Crippen molar-refractivity contribution in [2.75, 3.05) is 13.7 Å². The van der Waals surface area contributed by atoms with Gasteiger partial charge in [0.1, 0.15) is 6.10 Å². The topological polar surface area (TPSA) is 102 Å². The first kappa shape index (κ1) is 18.1. The average Bonchev–Trinajstić information content (AvgIpc) is 2.52. The van der Waals surface area contributed by atoms with E-state index in [0.29, 0.717) is 13.0 Å². The first-order valence-electron chi connectivity index (χ1n) is 7.51. The van der Waals surface area contributed by atoms with Gasteiger partial charge in [0, 0.05) is 7.11 Å². The van der Waals surface area contributed by atoms with Crippen LogP contribution in [0.1, 0.15) is 37.4 Å². The van der Waals surface area contributed by atoms with Gasteiger partial charge in [-0.2, -0.15) is 0 Å². The van der Waals surface area contributed by atoms with Crippen molar-refractivity contribution in [3.8, 4) is 0 Å². The lowest BCUT2D eigenvalue weighted by Crippen LogP contribution is -2.48. The molecule has 2 unspecified atom stereocenters. The molecule has 0 aliphatic rings. The molecule has 6 N–H and O–H groups in total. The maximum absolute atomic E-state index is 10.3. The van der Waals surface area contributed by atoms with Gasteiger partial charge in [0.05, 0.1) is 18.2 Å². The maximum Gasteiger partial charge on any atom is 0.101 e. The highest BCUT2D eigenvalue weighted by molar-refractivity contribution is 5.19. The fraction of sp³-hybridized carbons (Fsp3) is 0.625. The van der Waals surface area contributed by atoms with Crippen molar-refractivity contribution in [2.24, 2.45) is 11.5 Å². The number of nitrogens with two attached hydrogens (primary N) is 2. The van der Waals surface area contributed by atoms with E-state index in [1.807, 2.05) is 30.3 Å². The number of unbranched alkanes of at least 4 members (excludes halogenated alkanes) is 2. The average molecular weight is 296 g/mol. The minimum Gasteiger partial charge on any atom is -0.390 e. The summed E-state index contributed by atoms with van der Waals surface area (Å²) in [6.07, 6.45) is 1.22. The third-order valence-electron chi connectivity index (χ3n) is 3.74. The molecule has 5 nitrogen and oxygen atoms in total. The Kier molecular flexibility index (Phi) is 8.49. The van der Waals surface area contributed by atoms with Gasteiger partial charge in [-0.05, 0) is 24.9 Å². The largest absolute Gasteiger partial charge is 0.390 e. The normalized spacial score (nSPS) is 17.2. The molecule has 21 heavy (non-hydrogen) atoms. The molecule has 0 bridgehead atoms. The highest BCUT2D eigenvalue weighted by Crippen LogP contribution is 2.21. The zero-order chi connectivity index (χ0) is 15.7. The predicted octanol–water partition coefficient (Wildman–Crippen LogP) is 0.942. The summed E-state index contributed by atoms with van der Waals surface area (Å²) in [6.45, 7) is 0.663. The highest BCUT2D eigenvalue weighted by atomic mass is 16.5. The van der Waals surface area contributed by atoms with Crippen LogP contribution in [0.3, 0.4) is 0 Å². The number of rotatable bonds is 10. The van der Waals surface area contributed by atoms with Crippen LogP contribution in [0.2, 0.25) is 0 Å². The Morgan fingerprint density at radius 1 is 1.10 bits per heavy atom. The van der Waals surface area contributed by atoms with Gasteiger partial charge in [0.15, 0.2) is 0 Å². The summed E-state index contributed by atoms with van der Waals surface area (Å²) in [5.74, 6) is 0. The van der Waals surface area contributed by atoms with Gasteiger partial charge in [-0.3, -0.25) is 0 Å². The van der Waals surface area contributed by atoms with Crippen molar-refractivity contribution in [1.82, 2.24) is 0 Å². The molecule has 120 valence electrons. The SMILES string of the molecule is COC(C(O)CCCCCN)[C@H](N)[C@@H](O)c1ccccc1. The van der Waals surface area contributed by atoms with E-state index in [9.17, 15) is 10.2 Å². The van der Waals surface area contributed by atoms with Gasteiger partial charge in [0.2, 0.25) is 0 Å². The minimum atomic E-state index is -0.866. The van der Waals surface area contributed by atoms with Crippen LogP contribution in [0.5, 0.6) is 0 Å². The zero-order valence-electron chi connectivity index (χ0n) is 12.7. The second-order valence-corrected chi connectivity index (χ2v) is 5.34. The molecule has 0 amide bonds. The van der Waals surface area contributed by atoms with Gasteiger partial charge in [-0.25, -0.2) is 0 Å². The number of ether oxygens (including phenoxy) is 1. The lowest BCUT2D eigenvalue weighted by atomic mass is 9.93. The standard InChI is InChI=1S/C16H28N2O3/c1-21-16(13(19)10-6-3-7-11-17)14(18)15(20)12-8-4-2-5-9-12/h2,4-5,8-9,13-16,19-20H,3,6-7,10-11,17-18H2,1H3/t13?,14-,15+,16?/m1/s1. The number of benzene rings is 1. The number of hydrogen-bond donors (Lipinski definition) is 4. The third-order valence-corrected chi connectivity index (χ3v) is 3.74. The molecule has 0 saturated heterocycles. The monoisotopic (exact) mass is 296 g/mol. The molecule has 0 fully saturated rings. The Bertz CT molecular complexity index is 375. The van der Waals surface area contributed by atoms with Crippen LogP contribution in [0.25, 0.3) is 0 Å². The molecule has 0 aromatic heterocycles. The molecule has 1 rings (SSSR count). The summed E-state index contributed by atoms with van der Waals surface area (Å²) >= 11 is 0. The predicted molar refractivity (Wildman–Crippen MR) is 83.7 cm³/mol. The van der Waals surface area contributed by atoms with E-state index in [2.05, 4.69) is 0 Å². The first-order chi connectivity index (χ1) is 10.1. The number of hydrogen-bond acceptors (Lipinski definition) is 5. The van der Waals surface area contributed by atoms with Crippen LogP contribution >= 0.6 is 0 Å². The maximum atomic E-state index is 10.3. The van der Waals surface area contributed by atoms with Gasteiger partial charge < -0.3 is 26.4 Å². The number of aliphatic hydroxyl groups is 2. The summed E-state index contributed by atoms with van der Waals surface area (Å²) in [7, 11) is 1.51. The molecular formula is C16H28N2O3. The molecule has 0 radical (unpaired) electrons. The highest BCUT2D eigenvalue weighted by Gasteiger charge is 2.31.